The second-order valence-corrected chi connectivity index (χ2v) is 6.15. The van der Waals surface area contributed by atoms with Crippen LogP contribution in [-0.2, 0) is 0 Å². The molecular formula is C14H29N3. The van der Waals surface area contributed by atoms with Crippen molar-refractivity contribution in [3.63, 3.8) is 0 Å². The van der Waals surface area contributed by atoms with E-state index in [9.17, 15) is 0 Å². The summed E-state index contributed by atoms with van der Waals surface area (Å²) in [5.41, 5.74) is 0. The van der Waals surface area contributed by atoms with Crippen LogP contribution in [-0.4, -0.2) is 62.7 Å². The second kappa shape index (κ2) is 6.17. The van der Waals surface area contributed by atoms with Gasteiger partial charge in [0, 0.05) is 31.7 Å². The topological polar surface area (TPSA) is 18.5 Å². The minimum absolute atomic E-state index is 0.733. The van der Waals surface area contributed by atoms with Crippen LogP contribution in [0.4, 0.5) is 0 Å². The van der Waals surface area contributed by atoms with Gasteiger partial charge in [0.2, 0.25) is 0 Å². The number of likely N-dealkylation sites (N-methyl/N-ethyl adjacent to an activating group) is 1. The maximum absolute atomic E-state index is 3.54. The molecule has 17 heavy (non-hydrogen) atoms. The van der Waals surface area contributed by atoms with E-state index in [4.69, 9.17) is 0 Å². The quantitative estimate of drug-likeness (QED) is 0.800. The smallest absolute Gasteiger partial charge is 0.0233 e. The molecule has 3 heteroatoms. The molecule has 1 N–H and O–H groups in total. The van der Waals surface area contributed by atoms with Gasteiger partial charge in [-0.05, 0) is 46.3 Å². The molecule has 2 atom stereocenters. The number of hydrogen-bond acceptors (Lipinski definition) is 3. The largest absolute Gasteiger partial charge is 0.314 e. The first-order chi connectivity index (χ1) is 8.18. The van der Waals surface area contributed by atoms with Crippen LogP contribution in [0.1, 0.15) is 32.1 Å². The zero-order chi connectivity index (χ0) is 12.3. The van der Waals surface area contributed by atoms with E-state index in [0.29, 0.717) is 0 Å². The molecule has 2 unspecified atom stereocenters. The van der Waals surface area contributed by atoms with E-state index in [1.165, 1.54) is 45.2 Å². The third-order valence-electron chi connectivity index (χ3n) is 4.77. The fourth-order valence-corrected chi connectivity index (χ4v) is 3.57. The number of piperazine rings is 1. The van der Waals surface area contributed by atoms with Crippen molar-refractivity contribution in [1.82, 2.24) is 15.1 Å². The van der Waals surface area contributed by atoms with Crippen LogP contribution in [0.2, 0.25) is 0 Å². The van der Waals surface area contributed by atoms with Crippen molar-refractivity contribution in [3.8, 4) is 0 Å². The van der Waals surface area contributed by atoms with Gasteiger partial charge in [-0.1, -0.05) is 12.8 Å². The monoisotopic (exact) mass is 239 g/mol. The first-order valence-corrected chi connectivity index (χ1v) is 7.26. The number of nitrogens with zero attached hydrogens (tertiary/aromatic N) is 2. The van der Waals surface area contributed by atoms with Gasteiger partial charge in [-0.3, -0.25) is 0 Å². The molecule has 0 aromatic rings. The molecule has 2 fully saturated rings. The molecule has 0 radical (unpaired) electrons. The van der Waals surface area contributed by atoms with Crippen LogP contribution >= 0.6 is 0 Å². The molecule has 2 aliphatic rings. The van der Waals surface area contributed by atoms with Crippen molar-refractivity contribution < 1.29 is 0 Å². The fourth-order valence-electron chi connectivity index (χ4n) is 3.57. The zero-order valence-electron chi connectivity index (χ0n) is 11.8. The lowest BCUT2D eigenvalue weighted by atomic mass is 9.90. The highest BCUT2D eigenvalue weighted by atomic mass is 15.2. The van der Waals surface area contributed by atoms with Gasteiger partial charge in [0.15, 0.2) is 0 Å². The van der Waals surface area contributed by atoms with E-state index in [2.05, 4.69) is 36.3 Å². The molecule has 0 amide bonds. The number of rotatable bonds is 4. The van der Waals surface area contributed by atoms with E-state index in [0.717, 1.165) is 24.5 Å². The minimum atomic E-state index is 0.733. The Labute approximate surface area is 107 Å². The van der Waals surface area contributed by atoms with Gasteiger partial charge in [-0.15, -0.1) is 0 Å². The summed E-state index contributed by atoms with van der Waals surface area (Å²) >= 11 is 0. The zero-order valence-corrected chi connectivity index (χ0v) is 11.8. The maximum atomic E-state index is 3.54. The molecule has 0 spiro atoms. The van der Waals surface area contributed by atoms with E-state index in [1.807, 2.05) is 0 Å². The summed E-state index contributed by atoms with van der Waals surface area (Å²) in [5, 5.41) is 3.54. The van der Waals surface area contributed by atoms with Crippen molar-refractivity contribution in [2.24, 2.45) is 5.92 Å². The average molecular weight is 239 g/mol. The molecule has 1 heterocycles. The Bertz CT molecular complexity index is 224. The molecule has 100 valence electrons. The molecule has 1 aliphatic heterocycles. The standard InChI is InChI=1S/C14H29N3/c1-16(2)14(12-6-4-5-7-12)10-13-11-15-8-9-17(13)3/h12-15H,4-11H2,1-3H3. The van der Waals surface area contributed by atoms with Gasteiger partial charge >= 0.3 is 0 Å². The van der Waals surface area contributed by atoms with Crippen molar-refractivity contribution in [2.75, 3.05) is 40.8 Å². The maximum Gasteiger partial charge on any atom is 0.0233 e. The lowest BCUT2D eigenvalue weighted by molar-refractivity contribution is 0.121. The summed E-state index contributed by atoms with van der Waals surface area (Å²) in [6.07, 6.45) is 7.14. The second-order valence-electron chi connectivity index (χ2n) is 6.15. The summed E-state index contributed by atoms with van der Waals surface area (Å²) in [5.74, 6) is 0.945. The van der Waals surface area contributed by atoms with E-state index in [-0.39, 0.29) is 0 Å². The summed E-state index contributed by atoms with van der Waals surface area (Å²) in [4.78, 5) is 5.01. The Morgan fingerprint density at radius 3 is 2.59 bits per heavy atom. The molecule has 1 saturated carbocycles. The molecule has 0 aromatic heterocycles. The van der Waals surface area contributed by atoms with Crippen LogP contribution in [0.25, 0.3) is 0 Å². The van der Waals surface area contributed by atoms with E-state index >= 15 is 0 Å². The van der Waals surface area contributed by atoms with Crippen LogP contribution in [0.3, 0.4) is 0 Å². The van der Waals surface area contributed by atoms with Crippen molar-refractivity contribution in [2.45, 2.75) is 44.2 Å². The summed E-state index contributed by atoms with van der Waals surface area (Å²) in [7, 11) is 6.81. The van der Waals surface area contributed by atoms with Gasteiger partial charge in [-0.25, -0.2) is 0 Å². The third kappa shape index (κ3) is 3.43. The minimum Gasteiger partial charge on any atom is -0.314 e. The van der Waals surface area contributed by atoms with Crippen LogP contribution in [0.15, 0.2) is 0 Å². The van der Waals surface area contributed by atoms with Crippen molar-refractivity contribution in [1.29, 1.82) is 0 Å². The van der Waals surface area contributed by atoms with E-state index in [1.54, 1.807) is 0 Å². The fraction of sp³-hybridized carbons (Fsp3) is 1.00. The third-order valence-corrected chi connectivity index (χ3v) is 4.77. The Morgan fingerprint density at radius 1 is 1.29 bits per heavy atom. The Morgan fingerprint density at radius 2 is 2.00 bits per heavy atom. The molecule has 1 aliphatic carbocycles. The molecule has 0 aromatic carbocycles. The summed E-state index contributed by atoms with van der Waals surface area (Å²) in [6, 6.07) is 1.52. The predicted molar refractivity (Wildman–Crippen MR) is 73.3 cm³/mol. The number of nitrogens with one attached hydrogen (secondary N) is 1. The predicted octanol–water partition coefficient (Wildman–Crippen LogP) is 1.40. The molecule has 0 bridgehead atoms. The highest BCUT2D eigenvalue weighted by molar-refractivity contribution is 4.87. The lowest BCUT2D eigenvalue weighted by Crippen LogP contribution is -2.52. The highest BCUT2D eigenvalue weighted by Gasteiger charge is 2.30. The number of hydrogen-bond donors (Lipinski definition) is 1. The van der Waals surface area contributed by atoms with Crippen LogP contribution in [0, 0.1) is 5.92 Å². The van der Waals surface area contributed by atoms with Crippen molar-refractivity contribution in [3.05, 3.63) is 0 Å². The summed E-state index contributed by atoms with van der Waals surface area (Å²) < 4.78 is 0. The van der Waals surface area contributed by atoms with Crippen LogP contribution in [0.5, 0.6) is 0 Å². The Hall–Kier alpha value is -0.120. The molecule has 2 rings (SSSR count). The van der Waals surface area contributed by atoms with Gasteiger partial charge in [0.1, 0.15) is 0 Å². The highest BCUT2D eigenvalue weighted by Crippen LogP contribution is 2.32. The van der Waals surface area contributed by atoms with Gasteiger partial charge < -0.3 is 15.1 Å². The van der Waals surface area contributed by atoms with Gasteiger partial charge in [0.25, 0.3) is 0 Å². The lowest BCUT2D eigenvalue weighted by Gasteiger charge is -2.39. The molecular weight excluding hydrogens is 210 g/mol. The van der Waals surface area contributed by atoms with Crippen molar-refractivity contribution >= 4 is 0 Å². The van der Waals surface area contributed by atoms with E-state index < -0.39 is 0 Å². The Balaban J connectivity index is 1.91. The molecule has 1 saturated heterocycles. The molecule has 3 nitrogen and oxygen atoms in total. The van der Waals surface area contributed by atoms with Crippen LogP contribution < -0.4 is 5.32 Å². The first-order valence-electron chi connectivity index (χ1n) is 7.26. The van der Waals surface area contributed by atoms with Gasteiger partial charge in [0.05, 0.1) is 0 Å². The average Bonchev–Trinajstić information content (AvgIpc) is 2.81. The summed E-state index contributed by atoms with van der Waals surface area (Å²) in [6.45, 7) is 3.53. The Kier molecular flexibility index (Phi) is 4.83. The SMILES string of the molecule is CN(C)C(CC1CNCCN1C)C1CCCC1. The van der Waals surface area contributed by atoms with Gasteiger partial charge in [-0.2, -0.15) is 0 Å². The first kappa shape index (κ1) is 13.3. The normalized spacial score (nSPS) is 30.0.